The predicted molar refractivity (Wildman–Crippen MR) is 200 cm³/mol. The molecule has 0 fully saturated rings. The first-order valence-electron chi connectivity index (χ1n) is 16.4. The van der Waals surface area contributed by atoms with Crippen LogP contribution in [0.3, 0.4) is 0 Å². The van der Waals surface area contributed by atoms with E-state index in [4.69, 9.17) is 9.41 Å². The zero-order valence-corrected chi connectivity index (χ0v) is 26.5. The molecule has 3 heteroatoms. The summed E-state index contributed by atoms with van der Waals surface area (Å²) in [6, 6.07) is 57.4. The van der Waals surface area contributed by atoms with E-state index in [0.717, 1.165) is 61.3 Å². The summed E-state index contributed by atoms with van der Waals surface area (Å²) in [5.74, 6) is 0.848. The maximum absolute atomic E-state index is 6.47. The van der Waals surface area contributed by atoms with Crippen LogP contribution in [-0.2, 0) is 0 Å². The van der Waals surface area contributed by atoms with Gasteiger partial charge in [0.2, 0.25) is 0 Å². The van der Waals surface area contributed by atoms with Crippen LogP contribution in [-0.4, -0.2) is 5.84 Å². The molecule has 1 unspecified atom stereocenters. The third-order valence-electron chi connectivity index (χ3n) is 9.57. The summed E-state index contributed by atoms with van der Waals surface area (Å²) in [6.07, 6.45) is 0. The average Bonchev–Trinajstić information content (AvgIpc) is 3.54. The lowest BCUT2D eigenvalue weighted by molar-refractivity contribution is 0.669. The van der Waals surface area contributed by atoms with Crippen LogP contribution < -0.4 is 5.32 Å². The standard InChI is InChI=1S/C45H32N2O/c1-29-43(37-26-25-33(30-15-5-2-6-16-30)35-21-11-12-22-36(35)37)46-45(32-19-9-4-10-20-32)47-44(29)42-34(31-17-7-3-8-18-31)27-28-40-41(42)38-23-13-14-24-39(38)48-40/h2-28,43H,1H3,(H,46,47). The van der Waals surface area contributed by atoms with E-state index >= 15 is 0 Å². The summed E-state index contributed by atoms with van der Waals surface area (Å²) < 4.78 is 6.47. The first-order chi connectivity index (χ1) is 23.7. The molecular weight excluding hydrogens is 585 g/mol. The second-order valence-corrected chi connectivity index (χ2v) is 12.4. The Hall–Kier alpha value is -6.19. The van der Waals surface area contributed by atoms with Crippen LogP contribution in [0.5, 0.6) is 0 Å². The van der Waals surface area contributed by atoms with E-state index in [1.54, 1.807) is 0 Å². The fourth-order valence-electron chi connectivity index (χ4n) is 7.28. The van der Waals surface area contributed by atoms with Crippen molar-refractivity contribution >= 4 is 44.2 Å². The van der Waals surface area contributed by atoms with Crippen molar-refractivity contribution in [2.24, 2.45) is 4.99 Å². The molecule has 0 radical (unpaired) electrons. The van der Waals surface area contributed by atoms with Crippen LogP contribution in [0.15, 0.2) is 179 Å². The number of para-hydroxylation sites is 1. The minimum absolute atomic E-state index is 0.219. The van der Waals surface area contributed by atoms with Gasteiger partial charge in [-0.15, -0.1) is 0 Å². The quantitative estimate of drug-likeness (QED) is 0.209. The number of hydrogen-bond acceptors (Lipinski definition) is 3. The molecule has 228 valence electrons. The highest BCUT2D eigenvalue weighted by Gasteiger charge is 2.29. The summed E-state index contributed by atoms with van der Waals surface area (Å²) in [6.45, 7) is 2.23. The normalized spacial score (nSPS) is 14.8. The maximum atomic E-state index is 6.47. The van der Waals surface area contributed by atoms with E-state index in [1.807, 2.05) is 12.1 Å². The van der Waals surface area contributed by atoms with Crippen molar-refractivity contribution in [3.8, 4) is 22.3 Å². The van der Waals surface area contributed by atoms with Crippen LogP contribution in [0.1, 0.15) is 29.7 Å². The first-order valence-corrected chi connectivity index (χ1v) is 16.4. The number of nitrogens with one attached hydrogen (secondary N) is 1. The van der Waals surface area contributed by atoms with E-state index in [9.17, 15) is 0 Å². The Morgan fingerprint density at radius 2 is 1.06 bits per heavy atom. The van der Waals surface area contributed by atoms with Gasteiger partial charge >= 0.3 is 0 Å². The Morgan fingerprint density at radius 1 is 0.500 bits per heavy atom. The number of rotatable bonds is 5. The average molecular weight is 617 g/mol. The smallest absolute Gasteiger partial charge is 0.136 e. The molecule has 1 aliphatic heterocycles. The fourth-order valence-corrected chi connectivity index (χ4v) is 7.28. The lowest BCUT2D eigenvalue weighted by Gasteiger charge is -2.30. The van der Waals surface area contributed by atoms with Crippen molar-refractivity contribution in [3.63, 3.8) is 0 Å². The number of hydrogen-bond donors (Lipinski definition) is 1. The Kier molecular flexibility index (Phi) is 6.76. The zero-order valence-electron chi connectivity index (χ0n) is 26.5. The summed E-state index contributed by atoms with van der Waals surface area (Å²) in [5, 5.41) is 8.49. The second-order valence-electron chi connectivity index (χ2n) is 12.4. The Bertz CT molecular complexity index is 2530. The Morgan fingerprint density at radius 3 is 1.77 bits per heavy atom. The third kappa shape index (κ3) is 4.63. The molecule has 0 amide bonds. The lowest BCUT2D eigenvalue weighted by Crippen LogP contribution is -2.30. The van der Waals surface area contributed by atoms with Crippen LogP contribution in [0, 0.1) is 0 Å². The lowest BCUT2D eigenvalue weighted by atomic mass is 9.85. The van der Waals surface area contributed by atoms with E-state index in [0.29, 0.717) is 0 Å². The minimum atomic E-state index is -0.219. The molecule has 0 saturated heterocycles. The summed E-state index contributed by atoms with van der Waals surface area (Å²) >= 11 is 0. The van der Waals surface area contributed by atoms with Gasteiger partial charge in [0.25, 0.3) is 0 Å². The predicted octanol–water partition coefficient (Wildman–Crippen LogP) is 11.6. The van der Waals surface area contributed by atoms with Gasteiger partial charge in [0.15, 0.2) is 0 Å². The van der Waals surface area contributed by atoms with Crippen molar-refractivity contribution in [3.05, 3.63) is 186 Å². The Labute approximate surface area is 279 Å². The van der Waals surface area contributed by atoms with Crippen LogP contribution in [0.25, 0.3) is 60.7 Å². The third-order valence-corrected chi connectivity index (χ3v) is 9.57. The van der Waals surface area contributed by atoms with Crippen molar-refractivity contribution in [2.45, 2.75) is 13.0 Å². The van der Waals surface area contributed by atoms with Gasteiger partial charge in [-0.1, -0.05) is 146 Å². The van der Waals surface area contributed by atoms with Gasteiger partial charge in [-0.05, 0) is 69.3 Å². The highest BCUT2D eigenvalue weighted by Crippen LogP contribution is 2.45. The molecule has 8 aromatic rings. The number of benzene rings is 7. The van der Waals surface area contributed by atoms with E-state index in [1.165, 1.54) is 27.5 Å². The van der Waals surface area contributed by atoms with Gasteiger partial charge in [-0.25, -0.2) is 0 Å². The van der Waals surface area contributed by atoms with Gasteiger partial charge in [0.1, 0.15) is 23.0 Å². The topological polar surface area (TPSA) is 37.5 Å². The molecule has 3 nitrogen and oxygen atoms in total. The largest absolute Gasteiger partial charge is 0.456 e. The fraction of sp³-hybridized carbons (Fsp3) is 0.0444. The Balaban J connectivity index is 1.34. The number of aliphatic imine (C=N–C) groups is 1. The molecule has 0 bridgehead atoms. The van der Waals surface area contributed by atoms with Gasteiger partial charge < -0.3 is 9.73 Å². The summed E-state index contributed by atoms with van der Waals surface area (Å²) in [5.41, 5.74) is 12.0. The molecule has 1 aliphatic rings. The van der Waals surface area contributed by atoms with Crippen molar-refractivity contribution in [1.82, 2.24) is 5.32 Å². The monoisotopic (exact) mass is 616 g/mol. The molecule has 9 rings (SSSR count). The van der Waals surface area contributed by atoms with E-state index in [-0.39, 0.29) is 6.04 Å². The summed E-state index contributed by atoms with van der Waals surface area (Å²) in [4.78, 5) is 5.49. The minimum Gasteiger partial charge on any atom is -0.456 e. The number of amidine groups is 1. The highest BCUT2D eigenvalue weighted by molar-refractivity contribution is 6.16. The molecular formula is C45H32N2O. The molecule has 0 aliphatic carbocycles. The highest BCUT2D eigenvalue weighted by atomic mass is 16.3. The van der Waals surface area contributed by atoms with Crippen LogP contribution in [0.4, 0.5) is 0 Å². The van der Waals surface area contributed by atoms with Crippen LogP contribution >= 0.6 is 0 Å². The van der Waals surface area contributed by atoms with Crippen molar-refractivity contribution in [1.29, 1.82) is 0 Å². The van der Waals surface area contributed by atoms with Crippen LogP contribution in [0.2, 0.25) is 0 Å². The zero-order chi connectivity index (χ0) is 32.0. The molecule has 0 saturated carbocycles. The van der Waals surface area contributed by atoms with Gasteiger partial charge in [0.05, 0.1) is 0 Å². The van der Waals surface area contributed by atoms with Gasteiger partial charge in [-0.2, -0.15) is 0 Å². The first kappa shape index (κ1) is 28.1. The van der Waals surface area contributed by atoms with Crippen molar-refractivity contribution in [2.75, 3.05) is 0 Å². The number of furan rings is 1. The maximum Gasteiger partial charge on any atom is 0.136 e. The molecule has 0 spiro atoms. The van der Waals surface area contributed by atoms with Gasteiger partial charge in [-0.3, -0.25) is 4.99 Å². The van der Waals surface area contributed by atoms with Gasteiger partial charge in [0, 0.05) is 27.6 Å². The molecule has 2 heterocycles. The summed E-state index contributed by atoms with van der Waals surface area (Å²) in [7, 11) is 0. The molecule has 1 N–H and O–H groups in total. The molecule has 7 aromatic carbocycles. The van der Waals surface area contributed by atoms with Crippen molar-refractivity contribution < 1.29 is 4.42 Å². The molecule has 1 aromatic heterocycles. The number of nitrogens with zero attached hydrogens (tertiary/aromatic N) is 1. The number of fused-ring (bicyclic) bond motifs is 4. The molecule has 1 atom stereocenters. The molecule has 48 heavy (non-hydrogen) atoms. The van der Waals surface area contributed by atoms with E-state index in [2.05, 4.69) is 164 Å². The SMILES string of the molecule is CC1=C(c2c(-c3ccccc3)ccc3oc4ccccc4c23)NC(c2ccccc2)=NC1c1ccc(-c2ccccc2)c2ccccc12. The second kappa shape index (κ2) is 11.6. The van der Waals surface area contributed by atoms with E-state index < -0.39 is 0 Å².